The van der Waals surface area contributed by atoms with Crippen LogP contribution in [0.1, 0.15) is 23.9 Å². The molecule has 21 heavy (non-hydrogen) atoms. The second kappa shape index (κ2) is 6.66. The molecule has 0 aliphatic heterocycles. The predicted molar refractivity (Wildman–Crippen MR) is 80.1 cm³/mol. The number of halogens is 3. The van der Waals surface area contributed by atoms with E-state index in [1.807, 2.05) is 14.0 Å². The van der Waals surface area contributed by atoms with Crippen LogP contribution in [0.25, 0.3) is 0 Å². The molecule has 1 aromatic heterocycles. The van der Waals surface area contributed by atoms with Gasteiger partial charge in [-0.2, -0.15) is 5.10 Å². The molecule has 1 heterocycles. The molecule has 0 amide bonds. The summed E-state index contributed by atoms with van der Waals surface area (Å²) in [5, 5.41) is 14.5. The highest BCUT2D eigenvalue weighted by Gasteiger charge is 2.17. The Morgan fingerprint density at radius 1 is 1.33 bits per heavy atom. The van der Waals surface area contributed by atoms with E-state index in [0.29, 0.717) is 12.0 Å². The highest BCUT2D eigenvalue weighted by Crippen LogP contribution is 2.23. The van der Waals surface area contributed by atoms with Crippen LogP contribution in [-0.2, 0) is 26.3 Å². The van der Waals surface area contributed by atoms with E-state index in [1.54, 1.807) is 4.68 Å². The summed E-state index contributed by atoms with van der Waals surface area (Å²) < 4.78 is 29.0. The molecule has 0 aliphatic rings. The van der Waals surface area contributed by atoms with Crippen molar-refractivity contribution in [2.24, 2.45) is 7.05 Å². The van der Waals surface area contributed by atoms with Gasteiger partial charge in [0.1, 0.15) is 11.6 Å². The normalized spacial score (nSPS) is 12.7. The standard InChI is InChI=1S/C15H17BrF2N2O/c1-3-13-15(16)14(20(2)19-13)8-11(21)6-9-4-5-10(17)7-12(9)18/h4-5,7,11,21H,3,6,8H2,1-2H3. The quantitative estimate of drug-likeness (QED) is 0.891. The van der Waals surface area contributed by atoms with Crippen LogP contribution >= 0.6 is 15.9 Å². The maximum atomic E-state index is 13.6. The van der Waals surface area contributed by atoms with Gasteiger partial charge in [-0.3, -0.25) is 4.68 Å². The van der Waals surface area contributed by atoms with Crippen molar-refractivity contribution in [2.75, 3.05) is 0 Å². The summed E-state index contributed by atoms with van der Waals surface area (Å²) >= 11 is 3.48. The number of aliphatic hydroxyl groups excluding tert-OH is 1. The summed E-state index contributed by atoms with van der Waals surface area (Å²) in [6, 6.07) is 3.39. The molecular formula is C15H17BrF2N2O. The highest BCUT2D eigenvalue weighted by atomic mass is 79.9. The first-order valence-corrected chi connectivity index (χ1v) is 7.53. The molecular weight excluding hydrogens is 342 g/mol. The van der Waals surface area contributed by atoms with Gasteiger partial charge in [0, 0.05) is 26.0 Å². The van der Waals surface area contributed by atoms with Crippen LogP contribution in [-0.4, -0.2) is 21.0 Å². The molecule has 2 rings (SSSR count). The molecule has 0 spiro atoms. The fourth-order valence-electron chi connectivity index (χ4n) is 2.28. The molecule has 0 aliphatic carbocycles. The van der Waals surface area contributed by atoms with Gasteiger partial charge in [0.25, 0.3) is 0 Å². The molecule has 2 aromatic rings. The average molecular weight is 359 g/mol. The zero-order chi connectivity index (χ0) is 15.6. The Bertz CT molecular complexity index is 643. The van der Waals surface area contributed by atoms with E-state index in [9.17, 15) is 13.9 Å². The van der Waals surface area contributed by atoms with E-state index in [1.165, 1.54) is 12.1 Å². The maximum absolute atomic E-state index is 13.6. The number of aliphatic hydroxyl groups is 1. The molecule has 6 heteroatoms. The second-order valence-electron chi connectivity index (χ2n) is 4.98. The predicted octanol–water partition coefficient (Wildman–Crippen LogP) is 3.17. The summed E-state index contributed by atoms with van der Waals surface area (Å²) in [6.45, 7) is 2.00. The van der Waals surface area contributed by atoms with Crippen LogP contribution in [0.3, 0.4) is 0 Å². The Morgan fingerprint density at radius 2 is 2.05 bits per heavy atom. The van der Waals surface area contributed by atoms with E-state index in [4.69, 9.17) is 0 Å². The maximum Gasteiger partial charge on any atom is 0.129 e. The minimum Gasteiger partial charge on any atom is -0.392 e. The first-order valence-electron chi connectivity index (χ1n) is 6.74. The lowest BCUT2D eigenvalue weighted by atomic mass is 10.0. The smallest absolute Gasteiger partial charge is 0.129 e. The molecule has 0 saturated carbocycles. The molecule has 1 unspecified atom stereocenters. The third kappa shape index (κ3) is 3.68. The van der Waals surface area contributed by atoms with Gasteiger partial charge in [-0.05, 0) is 34.0 Å². The Labute approximate surface area is 130 Å². The molecule has 0 fully saturated rings. The summed E-state index contributed by atoms with van der Waals surface area (Å²) in [4.78, 5) is 0. The van der Waals surface area contributed by atoms with Crippen molar-refractivity contribution in [3.63, 3.8) is 0 Å². The van der Waals surface area contributed by atoms with Crippen LogP contribution < -0.4 is 0 Å². The molecule has 1 atom stereocenters. The number of hydrogen-bond donors (Lipinski definition) is 1. The van der Waals surface area contributed by atoms with Gasteiger partial charge in [-0.25, -0.2) is 8.78 Å². The lowest BCUT2D eigenvalue weighted by Gasteiger charge is -2.12. The van der Waals surface area contributed by atoms with Crippen molar-refractivity contribution >= 4 is 15.9 Å². The molecule has 1 N–H and O–H groups in total. The third-order valence-electron chi connectivity index (χ3n) is 3.40. The first kappa shape index (κ1) is 16.1. The fourth-order valence-corrected chi connectivity index (χ4v) is 3.06. The van der Waals surface area contributed by atoms with E-state index in [0.717, 1.165) is 28.3 Å². The van der Waals surface area contributed by atoms with Crippen molar-refractivity contribution in [2.45, 2.75) is 32.3 Å². The minimum absolute atomic E-state index is 0.130. The zero-order valence-corrected chi connectivity index (χ0v) is 13.5. The van der Waals surface area contributed by atoms with E-state index in [2.05, 4.69) is 21.0 Å². The van der Waals surface area contributed by atoms with Crippen LogP contribution in [0.2, 0.25) is 0 Å². The number of nitrogens with zero attached hydrogens (tertiary/aromatic N) is 2. The van der Waals surface area contributed by atoms with Crippen LogP contribution in [0.15, 0.2) is 22.7 Å². The van der Waals surface area contributed by atoms with Crippen molar-refractivity contribution < 1.29 is 13.9 Å². The van der Waals surface area contributed by atoms with Gasteiger partial charge < -0.3 is 5.11 Å². The van der Waals surface area contributed by atoms with Crippen LogP contribution in [0.4, 0.5) is 8.78 Å². The highest BCUT2D eigenvalue weighted by molar-refractivity contribution is 9.10. The van der Waals surface area contributed by atoms with Gasteiger partial charge in [0.15, 0.2) is 0 Å². The van der Waals surface area contributed by atoms with Crippen molar-refractivity contribution in [3.05, 3.63) is 51.3 Å². The first-order chi connectivity index (χ1) is 9.92. The van der Waals surface area contributed by atoms with Gasteiger partial charge in [-0.1, -0.05) is 13.0 Å². The second-order valence-corrected chi connectivity index (χ2v) is 5.78. The van der Waals surface area contributed by atoms with Crippen molar-refractivity contribution in [1.82, 2.24) is 9.78 Å². The topological polar surface area (TPSA) is 38.0 Å². The van der Waals surface area contributed by atoms with Crippen LogP contribution in [0.5, 0.6) is 0 Å². The summed E-state index contributed by atoms with van der Waals surface area (Å²) in [6.07, 6.45) is 0.504. The van der Waals surface area contributed by atoms with E-state index in [-0.39, 0.29) is 6.42 Å². The summed E-state index contributed by atoms with van der Waals surface area (Å²) in [5.41, 5.74) is 2.09. The number of aromatic nitrogens is 2. The van der Waals surface area contributed by atoms with E-state index < -0.39 is 17.7 Å². The number of hydrogen-bond acceptors (Lipinski definition) is 2. The number of rotatable bonds is 5. The van der Waals surface area contributed by atoms with Gasteiger partial charge >= 0.3 is 0 Å². The minimum atomic E-state index is -0.763. The van der Waals surface area contributed by atoms with Crippen molar-refractivity contribution in [3.8, 4) is 0 Å². The summed E-state index contributed by atoms with van der Waals surface area (Å²) in [7, 11) is 1.81. The molecule has 0 saturated heterocycles. The Morgan fingerprint density at radius 3 is 2.62 bits per heavy atom. The number of aryl methyl sites for hydroxylation is 2. The SMILES string of the molecule is CCc1nn(C)c(CC(O)Cc2ccc(F)cc2F)c1Br. The van der Waals surface area contributed by atoms with E-state index >= 15 is 0 Å². The monoisotopic (exact) mass is 358 g/mol. The van der Waals surface area contributed by atoms with Gasteiger partial charge in [0.2, 0.25) is 0 Å². The Hall–Kier alpha value is -1.27. The molecule has 0 bridgehead atoms. The molecule has 0 radical (unpaired) electrons. The van der Waals surface area contributed by atoms with Crippen molar-refractivity contribution in [1.29, 1.82) is 0 Å². The number of benzene rings is 1. The molecule has 3 nitrogen and oxygen atoms in total. The van der Waals surface area contributed by atoms with Gasteiger partial charge in [0.05, 0.1) is 22.0 Å². The molecule has 114 valence electrons. The largest absolute Gasteiger partial charge is 0.392 e. The lowest BCUT2D eigenvalue weighted by molar-refractivity contribution is 0.171. The summed E-state index contributed by atoms with van der Waals surface area (Å²) in [5.74, 6) is -1.25. The third-order valence-corrected chi connectivity index (χ3v) is 4.32. The fraction of sp³-hybridized carbons (Fsp3) is 0.400. The Kier molecular flexibility index (Phi) is 5.11. The average Bonchev–Trinajstić information content (AvgIpc) is 2.69. The lowest BCUT2D eigenvalue weighted by Crippen LogP contribution is -2.17. The van der Waals surface area contributed by atoms with Crippen LogP contribution in [0, 0.1) is 11.6 Å². The zero-order valence-electron chi connectivity index (χ0n) is 11.9. The molecule has 1 aromatic carbocycles. The van der Waals surface area contributed by atoms with Gasteiger partial charge in [-0.15, -0.1) is 0 Å². The Balaban J connectivity index is 2.11.